The number of benzene rings is 2. The lowest BCUT2D eigenvalue weighted by Crippen LogP contribution is -2.30. The van der Waals surface area contributed by atoms with Crippen LogP contribution in [0, 0.1) is 0 Å². The van der Waals surface area contributed by atoms with Crippen molar-refractivity contribution in [2.75, 3.05) is 20.7 Å². The molecule has 0 aliphatic carbocycles. The zero-order valence-electron chi connectivity index (χ0n) is 16.5. The molecule has 2 aromatic rings. The fourth-order valence-corrected chi connectivity index (χ4v) is 4.35. The number of amides is 1. The van der Waals surface area contributed by atoms with Crippen molar-refractivity contribution in [3.8, 4) is 11.5 Å². The van der Waals surface area contributed by atoms with Gasteiger partial charge in [0.1, 0.15) is 12.3 Å². The Morgan fingerprint density at radius 3 is 2.57 bits per heavy atom. The number of ether oxygens (including phenoxy) is 2. The van der Waals surface area contributed by atoms with Crippen LogP contribution in [0.1, 0.15) is 18.1 Å². The van der Waals surface area contributed by atoms with E-state index in [1.807, 2.05) is 19.1 Å². The van der Waals surface area contributed by atoms with Crippen molar-refractivity contribution in [1.82, 2.24) is 9.80 Å². The van der Waals surface area contributed by atoms with Gasteiger partial charge in [-0.1, -0.05) is 29.3 Å². The average molecular weight is 530 g/mol. The van der Waals surface area contributed by atoms with Gasteiger partial charge in [0, 0.05) is 29.2 Å². The van der Waals surface area contributed by atoms with Gasteiger partial charge < -0.3 is 14.4 Å². The lowest BCUT2D eigenvalue weighted by atomic mass is 10.1. The Hall–Kier alpha value is -1.80. The molecule has 0 bridgehead atoms. The van der Waals surface area contributed by atoms with E-state index in [0.29, 0.717) is 43.4 Å². The summed E-state index contributed by atoms with van der Waals surface area (Å²) in [4.78, 5) is 15.9. The van der Waals surface area contributed by atoms with Gasteiger partial charge in [0.05, 0.1) is 11.6 Å². The molecule has 0 radical (unpaired) electrons. The number of thiocarbonyl (C=S) groups is 1. The molecule has 0 saturated carbocycles. The minimum absolute atomic E-state index is 0.127. The van der Waals surface area contributed by atoms with Crippen LogP contribution in [0.15, 0.2) is 40.5 Å². The van der Waals surface area contributed by atoms with E-state index in [4.69, 9.17) is 44.9 Å². The maximum atomic E-state index is 12.6. The molecule has 1 amide bonds. The third kappa shape index (κ3) is 4.59. The van der Waals surface area contributed by atoms with Crippen LogP contribution in [-0.2, 0) is 11.4 Å². The molecule has 0 aromatic heterocycles. The van der Waals surface area contributed by atoms with Crippen molar-refractivity contribution in [2.45, 2.75) is 13.5 Å². The molecule has 30 heavy (non-hydrogen) atoms. The number of halogens is 3. The van der Waals surface area contributed by atoms with E-state index in [1.54, 1.807) is 48.2 Å². The van der Waals surface area contributed by atoms with E-state index in [0.717, 1.165) is 11.1 Å². The van der Waals surface area contributed by atoms with Crippen LogP contribution in [0.5, 0.6) is 11.5 Å². The maximum Gasteiger partial charge on any atom is 0.276 e. The molecule has 2 aromatic carbocycles. The van der Waals surface area contributed by atoms with Crippen molar-refractivity contribution >= 4 is 68.4 Å². The Morgan fingerprint density at radius 1 is 1.23 bits per heavy atom. The van der Waals surface area contributed by atoms with Gasteiger partial charge in [-0.15, -0.1) is 0 Å². The van der Waals surface area contributed by atoms with Gasteiger partial charge in [0.15, 0.2) is 16.6 Å². The van der Waals surface area contributed by atoms with Crippen LogP contribution >= 0.6 is 51.3 Å². The second-order valence-electron chi connectivity index (χ2n) is 6.48. The second kappa shape index (κ2) is 9.56. The van der Waals surface area contributed by atoms with Gasteiger partial charge in [-0.3, -0.25) is 9.69 Å². The quantitative estimate of drug-likeness (QED) is 0.351. The van der Waals surface area contributed by atoms with E-state index in [2.05, 4.69) is 15.9 Å². The van der Waals surface area contributed by atoms with Crippen LogP contribution in [0.3, 0.4) is 0 Å². The number of carbonyl (C=O) groups excluding carboxylic acids is 1. The molecule has 5 nitrogen and oxygen atoms in total. The molecule has 1 fully saturated rings. The largest absolute Gasteiger partial charge is 0.493 e. The standard InChI is InChI=1S/C21H19BrCl2N2O3S/c1-4-26-20(27)17(25(2)21(26)30)8-12-7-15(22)19(18(9-12)28-3)29-11-13-5-6-14(23)10-16(13)24/h5-10H,4,11H2,1-3H3/b17-8-. The van der Waals surface area contributed by atoms with Crippen molar-refractivity contribution in [1.29, 1.82) is 0 Å². The molecule has 1 saturated heterocycles. The highest BCUT2D eigenvalue weighted by molar-refractivity contribution is 9.10. The molecule has 0 unspecified atom stereocenters. The number of rotatable bonds is 6. The first-order chi connectivity index (χ1) is 14.3. The van der Waals surface area contributed by atoms with Gasteiger partial charge in [-0.05, 0) is 71.0 Å². The highest BCUT2D eigenvalue weighted by Gasteiger charge is 2.34. The fraction of sp³-hybridized carbons (Fsp3) is 0.238. The number of hydrogen-bond acceptors (Lipinski definition) is 4. The smallest absolute Gasteiger partial charge is 0.276 e. The predicted molar refractivity (Wildman–Crippen MR) is 127 cm³/mol. The molecule has 158 valence electrons. The first-order valence-electron chi connectivity index (χ1n) is 9.02. The summed E-state index contributed by atoms with van der Waals surface area (Å²) in [5.74, 6) is 0.921. The van der Waals surface area contributed by atoms with Crippen LogP contribution < -0.4 is 9.47 Å². The topological polar surface area (TPSA) is 42.0 Å². The summed E-state index contributed by atoms with van der Waals surface area (Å²) in [7, 11) is 3.34. The molecular weight excluding hydrogens is 511 g/mol. The Kier molecular flexibility index (Phi) is 7.29. The van der Waals surface area contributed by atoms with Gasteiger partial charge in [0.25, 0.3) is 5.91 Å². The number of methoxy groups -OCH3 is 1. The summed E-state index contributed by atoms with van der Waals surface area (Å²) in [6, 6.07) is 8.89. The van der Waals surface area contributed by atoms with E-state index in [-0.39, 0.29) is 12.5 Å². The number of nitrogens with zero attached hydrogens (tertiary/aromatic N) is 2. The van der Waals surface area contributed by atoms with E-state index in [1.165, 1.54) is 0 Å². The number of hydrogen-bond donors (Lipinski definition) is 0. The Labute approximate surface area is 199 Å². The molecule has 9 heteroatoms. The Balaban J connectivity index is 1.89. The monoisotopic (exact) mass is 528 g/mol. The third-order valence-electron chi connectivity index (χ3n) is 4.60. The number of likely N-dealkylation sites (N-methyl/N-ethyl adjacent to an activating group) is 2. The second-order valence-corrected chi connectivity index (χ2v) is 8.54. The molecule has 0 spiro atoms. The number of carbonyl (C=O) groups is 1. The molecule has 1 heterocycles. The van der Waals surface area contributed by atoms with E-state index in [9.17, 15) is 4.79 Å². The lowest BCUT2D eigenvalue weighted by Gasteiger charge is -2.15. The van der Waals surface area contributed by atoms with Crippen molar-refractivity contribution in [2.24, 2.45) is 0 Å². The highest BCUT2D eigenvalue weighted by Crippen LogP contribution is 2.38. The molecular formula is C21H19BrCl2N2O3S. The van der Waals surface area contributed by atoms with Crippen LogP contribution in [-0.4, -0.2) is 41.5 Å². The molecule has 3 rings (SSSR count). The summed E-state index contributed by atoms with van der Waals surface area (Å²) in [6.07, 6.45) is 1.78. The Morgan fingerprint density at radius 2 is 1.97 bits per heavy atom. The summed E-state index contributed by atoms with van der Waals surface area (Å²) in [5.41, 5.74) is 2.07. The van der Waals surface area contributed by atoms with Crippen LogP contribution in [0.2, 0.25) is 10.0 Å². The van der Waals surface area contributed by atoms with Crippen LogP contribution in [0.4, 0.5) is 0 Å². The van der Waals surface area contributed by atoms with Gasteiger partial charge in [-0.2, -0.15) is 0 Å². The first kappa shape index (κ1) is 22.9. The average Bonchev–Trinajstić information content (AvgIpc) is 2.90. The summed E-state index contributed by atoms with van der Waals surface area (Å²) in [5, 5.41) is 1.57. The van der Waals surface area contributed by atoms with Gasteiger partial charge in [-0.25, -0.2) is 0 Å². The summed E-state index contributed by atoms with van der Waals surface area (Å²) in [6.45, 7) is 2.65. The van der Waals surface area contributed by atoms with Crippen molar-refractivity contribution in [3.63, 3.8) is 0 Å². The predicted octanol–water partition coefficient (Wildman–Crippen LogP) is 5.76. The van der Waals surface area contributed by atoms with Gasteiger partial charge >= 0.3 is 0 Å². The molecule has 1 aliphatic heterocycles. The fourth-order valence-electron chi connectivity index (χ4n) is 3.00. The zero-order chi connectivity index (χ0) is 22.0. The first-order valence-corrected chi connectivity index (χ1v) is 11.0. The zero-order valence-corrected chi connectivity index (χ0v) is 20.5. The van der Waals surface area contributed by atoms with Crippen molar-refractivity contribution in [3.05, 3.63) is 61.7 Å². The third-order valence-corrected chi connectivity index (χ3v) is 6.27. The summed E-state index contributed by atoms with van der Waals surface area (Å²) < 4.78 is 12.2. The maximum absolute atomic E-state index is 12.6. The minimum Gasteiger partial charge on any atom is -0.493 e. The minimum atomic E-state index is -0.127. The molecule has 0 atom stereocenters. The van der Waals surface area contributed by atoms with Gasteiger partial charge in [0.2, 0.25) is 0 Å². The van der Waals surface area contributed by atoms with Crippen molar-refractivity contribution < 1.29 is 14.3 Å². The summed E-state index contributed by atoms with van der Waals surface area (Å²) >= 11 is 21.1. The molecule has 0 N–H and O–H groups in total. The van der Waals surface area contributed by atoms with E-state index >= 15 is 0 Å². The van der Waals surface area contributed by atoms with Crippen LogP contribution in [0.25, 0.3) is 6.08 Å². The SMILES string of the molecule is CCN1C(=O)/C(=C/c2cc(Br)c(OCc3ccc(Cl)cc3Cl)c(OC)c2)N(C)C1=S. The highest BCUT2D eigenvalue weighted by atomic mass is 79.9. The molecule has 1 aliphatic rings. The lowest BCUT2D eigenvalue weighted by molar-refractivity contribution is -0.122. The normalized spacial score (nSPS) is 15.3. The van der Waals surface area contributed by atoms with E-state index < -0.39 is 0 Å². The Bertz CT molecular complexity index is 1050.